The molecule has 5 heteroatoms. The summed E-state index contributed by atoms with van der Waals surface area (Å²) in [7, 11) is 0. The van der Waals surface area contributed by atoms with E-state index in [0.717, 1.165) is 20.2 Å². The molecule has 0 bridgehead atoms. The Labute approximate surface area is 111 Å². The number of hydrogen-bond acceptors (Lipinski definition) is 3. The Kier molecular flexibility index (Phi) is 3.56. The molecule has 0 unspecified atom stereocenters. The number of hydrogen-bond donors (Lipinski definition) is 1. The molecule has 0 radical (unpaired) electrons. The van der Waals surface area contributed by atoms with Crippen molar-refractivity contribution in [3.63, 3.8) is 0 Å². The van der Waals surface area contributed by atoms with Crippen LogP contribution < -0.4 is 5.32 Å². The minimum absolute atomic E-state index is 0.591. The van der Waals surface area contributed by atoms with Gasteiger partial charge in [-0.3, -0.25) is 0 Å². The Morgan fingerprint density at radius 1 is 1.06 bits per heavy atom. The van der Waals surface area contributed by atoms with E-state index in [1.165, 1.54) is 0 Å². The van der Waals surface area contributed by atoms with Crippen LogP contribution in [0.2, 0.25) is 0 Å². The third-order valence-corrected chi connectivity index (χ3v) is 2.96. The second-order valence-electron chi connectivity index (χ2n) is 3.31. The third-order valence-electron chi connectivity index (χ3n) is 2.06. The molecule has 0 aliphatic heterocycles. The van der Waals surface area contributed by atoms with E-state index in [-0.39, 0.29) is 0 Å². The van der Waals surface area contributed by atoms with Crippen molar-refractivity contribution in [1.82, 2.24) is 9.97 Å². The van der Waals surface area contributed by atoms with Crippen molar-refractivity contribution in [1.29, 1.82) is 0 Å². The van der Waals surface area contributed by atoms with Crippen LogP contribution in [-0.4, -0.2) is 9.97 Å². The van der Waals surface area contributed by atoms with Crippen LogP contribution in [0, 0.1) is 6.92 Å². The highest BCUT2D eigenvalue weighted by molar-refractivity contribution is 9.10. The highest BCUT2D eigenvalue weighted by Gasteiger charge is 2.01. The summed E-state index contributed by atoms with van der Waals surface area (Å²) in [5, 5.41) is 3.16. The second kappa shape index (κ2) is 4.93. The standard InChI is InChI=1S/C11H9Br2N3/c1-7-4-8(12)2-3-10(7)16-11-14-5-9(13)6-15-11/h2-6H,1H3,(H,14,15,16). The first kappa shape index (κ1) is 11.5. The lowest BCUT2D eigenvalue weighted by Gasteiger charge is -2.07. The van der Waals surface area contributed by atoms with E-state index in [9.17, 15) is 0 Å². The van der Waals surface area contributed by atoms with Gasteiger partial charge >= 0.3 is 0 Å². The first-order valence-corrected chi connectivity index (χ1v) is 6.24. The molecule has 0 amide bonds. The molecule has 0 fully saturated rings. The van der Waals surface area contributed by atoms with Gasteiger partial charge in [-0.05, 0) is 46.6 Å². The first-order valence-electron chi connectivity index (χ1n) is 4.66. The molecule has 16 heavy (non-hydrogen) atoms. The van der Waals surface area contributed by atoms with Gasteiger partial charge in [-0.25, -0.2) is 9.97 Å². The van der Waals surface area contributed by atoms with E-state index in [1.54, 1.807) is 12.4 Å². The van der Waals surface area contributed by atoms with Gasteiger partial charge in [-0.15, -0.1) is 0 Å². The fraction of sp³-hybridized carbons (Fsp3) is 0.0909. The number of benzene rings is 1. The summed E-state index contributed by atoms with van der Waals surface area (Å²) < 4.78 is 1.93. The zero-order valence-corrected chi connectivity index (χ0v) is 11.7. The summed E-state index contributed by atoms with van der Waals surface area (Å²) in [6.07, 6.45) is 3.42. The minimum Gasteiger partial charge on any atom is -0.324 e. The van der Waals surface area contributed by atoms with Crippen LogP contribution in [0.15, 0.2) is 39.5 Å². The zero-order chi connectivity index (χ0) is 11.5. The number of aromatic nitrogens is 2. The minimum atomic E-state index is 0.591. The maximum atomic E-state index is 4.16. The predicted octanol–water partition coefficient (Wildman–Crippen LogP) is 4.05. The summed E-state index contributed by atoms with van der Waals surface area (Å²) in [5.41, 5.74) is 2.14. The Hall–Kier alpha value is -0.940. The van der Waals surface area contributed by atoms with Crippen molar-refractivity contribution in [3.05, 3.63) is 45.1 Å². The molecule has 0 aliphatic rings. The maximum Gasteiger partial charge on any atom is 0.227 e. The van der Waals surface area contributed by atoms with Gasteiger partial charge in [-0.2, -0.15) is 0 Å². The summed E-state index contributed by atoms with van der Waals surface area (Å²) >= 11 is 6.72. The molecule has 0 saturated heterocycles. The second-order valence-corrected chi connectivity index (χ2v) is 5.14. The Morgan fingerprint density at radius 2 is 1.75 bits per heavy atom. The van der Waals surface area contributed by atoms with Gasteiger partial charge in [0.15, 0.2) is 0 Å². The average Bonchev–Trinajstić information content (AvgIpc) is 2.25. The summed E-state index contributed by atoms with van der Waals surface area (Å²) in [5.74, 6) is 0.591. The molecule has 0 saturated carbocycles. The largest absolute Gasteiger partial charge is 0.324 e. The maximum absolute atomic E-state index is 4.16. The Morgan fingerprint density at radius 3 is 2.38 bits per heavy atom. The number of halogens is 2. The predicted molar refractivity (Wildman–Crippen MR) is 71.9 cm³/mol. The molecule has 0 aliphatic carbocycles. The van der Waals surface area contributed by atoms with Crippen LogP contribution in [0.3, 0.4) is 0 Å². The van der Waals surface area contributed by atoms with Gasteiger partial charge in [0.25, 0.3) is 0 Å². The van der Waals surface area contributed by atoms with Gasteiger partial charge in [0.05, 0.1) is 4.47 Å². The normalized spacial score (nSPS) is 10.2. The summed E-state index contributed by atoms with van der Waals surface area (Å²) in [6.45, 7) is 2.03. The smallest absolute Gasteiger partial charge is 0.227 e. The van der Waals surface area contributed by atoms with Crippen LogP contribution in [0.1, 0.15) is 5.56 Å². The van der Waals surface area contributed by atoms with E-state index < -0.39 is 0 Å². The van der Waals surface area contributed by atoms with Crippen LogP contribution in [-0.2, 0) is 0 Å². The van der Waals surface area contributed by atoms with Crippen molar-refractivity contribution in [2.75, 3.05) is 5.32 Å². The van der Waals surface area contributed by atoms with Crippen LogP contribution in [0.4, 0.5) is 11.6 Å². The molecular weight excluding hydrogens is 334 g/mol. The summed E-state index contributed by atoms with van der Waals surface area (Å²) in [4.78, 5) is 8.31. The zero-order valence-electron chi connectivity index (χ0n) is 8.54. The third kappa shape index (κ3) is 2.80. The average molecular weight is 343 g/mol. The Balaban J connectivity index is 2.23. The fourth-order valence-corrected chi connectivity index (χ4v) is 1.94. The molecule has 1 N–H and O–H groups in total. The van der Waals surface area contributed by atoms with E-state index in [1.807, 2.05) is 25.1 Å². The van der Waals surface area contributed by atoms with Crippen LogP contribution in [0.5, 0.6) is 0 Å². The molecule has 3 nitrogen and oxygen atoms in total. The number of anilines is 2. The van der Waals surface area contributed by atoms with Crippen molar-refractivity contribution in [2.45, 2.75) is 6.92 Å². The van der Waals surface area contributed by atoms with E-state index in [0.29, 0.717) is 5.95 Å². The number of nitrogens with zero attached hydrogens (tertiary/aromatic N) is 2. The number of rotatable bonds is 2. The van der Waals surface area contributed by atoms with Crippen molar-refractivity contribution < 1.29 is 0 Å². The molecule has 2 aromatic rings. The van der Waals surface area contributed by atoms with Gasteiger partial charge < -0.3 is 5.32 Å². The molecule has 1 aromatic heterocycles. The van der Waals surface area contributed by atoms with Gasteiger partial charge in [0.1, 0.15) is 0 Å². The van der Waals surface area contributed by atoms with Crippen molar-refractivity contribution in [2.24, 2.45) is 0 Å². The molecule has 1 heterocycles. The molecule has 1 aromatic carbocycles. The molecule has 2 rings (SSSR count). The van der Waals surface area contributed by atoms with Crippen LogP contribution >= 0.6 is 31.9 Å². The van der Waals surface area contributed by atoms with Gasteiger partial charge in [0, 0.05) is 22.6 Å². The quantitative estimate of drug-likeness (QED) is 0.894. The van der Waals surface area contributed by atoms with Gasteiger partial charge in [-0.1, -0.05) is 15.9 Å². The van der Waals surface area contributed by atoms with Crippen molar-refractivity contribution >= 4 is 43.5 Å². The first-order chi connectivity index (χ1) is 7.65. The van der Waals surface area contributed by atoms with E-state index in [4.69, 9.17) is 0 Å². The number of aryl methyl sites for hydroxylation is 1. The fourth-order valence-electron chi connectivity index (χ4n) is 1.26. The van der Waals surface area contributed by atoms with E-state index in [2.05, 4.69) is 47.1 Å². The van der Waals surface area contributed by atoms with E-state index >= 15 is 0 Å². The monoisotopic (exact) mass is 341 g/mol. The highest BCUT2D eigenvalue weighted by atomic mass is 79.9. The summed E-state index contributed by atoms with van der Waals surface area (Å²) in [6, 6.07) is 6.01. The molecule has 82 valence electrons. The van der Waals surface area contributed by atoms with Gasteiger partial charge in [0.2, 0.25) is 5.95 Å². The molecule has 0 atom stereocenters. The lowest BCUT2D eigenvalue weighted by atomic mass is 10.2. The SMILES string of the molecule is Cc1cc(Br)ccc1Nc1ncc(Br)cn1. The van der Waals surface area contributed by atoms with Crippen LogP contribution in [0.25, 0.3) is 0 Å². The van der Waals surface area contributed by atoms with Crippen molar-refractivity contribution in [3.8, 4) is 0 Å². The highest BCUT2D eigenvalue weighted by Crippen LogP contribution is 2.22. The lowest BCUT2D eigenvalue weighted by molar-refractivity contribution is 1.15. The Bertz CT molecular complexity index is 497. The lowest BCUT2D eigenvalue weighted by Crippen LogP contribution is -1.97. The molecular formula is C11H9Br2N3. The topological polar surface area (TPSA) is 37.8 Å². The number of nitrogens with one attached hydrogen (secondary N) is 1. The molecule has 0 spiro atoms.